The monoisotopic (exact) mass is 485 g/mol. The Kier molecular flexibility index (Phi) is 7.29. The quantitative estimate of drug-likeness (QED) is 0.245. The number of aliphatic carboxylic acids is 1. The summed E-state index contributed by atoms with van der Waals surface area (Å²) in [6, 6.07) is 20.5. The van der Waals surface area contributed by atoms with E-state index in [0.29, 0.717) is 42.0 Å². The molecule has 36 heavy (non-hydrogen) atoms. The number of amidine groups is 1. The van der Waals surface area contributed by atoms with Crippen LogP contribution in [-0.4, -0.2) is 46.2 Å². The van der Waals surface area contributed by atoms with Gasteiger partial charge in [0.2, 0.25) is 5.91 Å². The summed E-state index contributed by atoms with van der Waals surface area (Å²) in [5.41, 5.74) is 9.35. The van der Waals surface area contributed by atoms with Gasteiger partial charge in [0.1, 0.15) is 11.9 Å². The largest absolute Gasteiger partial charge is 0.481 e. The Balaban J connectivity index is 1.54. The van der Waals surface area contributed by atoms with Gasteiger partial charge in [0.15, 0.2) is 0 Å². The Morgan fingerprint density at radius 1 is 1.06 bits per heavy atom. The highest BCUT2D eigenvalue weighted by atomic mass is 16.4. The second kappa shape index (κ2) is 10.7. The van der Waals surface area contributed by atoms with Gasteiger partial charge in [0.05, 0.1) is 6.42 Å². The van der Waals surface area contributed by atoms with Crippen molar-refractivity contribution in [3.63, 3.8) is 0 Å². The molecule has 0 unspecified atom stereocenters. The molecule has 3 aromatic carbocycles. The maximum Gasteiger partial charge on any atom is 0.305 e. The number of hydrogen-bond acceptors (Lipinski definition) is 5. The first kappa shape index (κ1) is 24.5. The Labute approximate surface area is 208 Å². The van der Waals surface area contributed by atoms with Crippen molar-refractivity contribution in [2.24, 2.45) is 5.73 Å². The van der Waals surface area contributed by atoms with Crippen LogP contribution in [0.5, 0.6) is 0 Å². The van der Waals surface area contributed by atoms with Crippen molar-refractivity contribution in [1.29, 1.82) is 5.41 Å². The maximum atomic E-state index is 13.2. The highest BCUT2D eigenvalue weighted by molar-refractivity contribution is 6.05. The van der Waals surface area contributed by atoms with E-state index < -0.39 is 12.0 Å². The summed E-state index contributed by atoms with van der Waals surface area (Å²) < 4.78 is 0. The normalized spacial score (nSPS) is 14.8. The minimum atomic E-state index is -1.09. The van der Waals surface area contributed by atoms with Gasteiger partial charge in [0.25, 0.3) is 5.91 Å². The van der Waals surface area contributed by atoms with Gasteiger partial charge >= 0.3 is 5.97 Å². The standard InChI is InChI=1S/C27H27N5O4/c28-25(29)18-8-10-21(11-9-18)30-26(35)19-6-7-20-16-32(13-12-17-4-2-1-3-5-17)27(36)23(15-24(33)34)31-22(20)14-19/h1-11,14,23,31H,12-13,15-16H2,(H3,28,29)(H,30,35)(H,33,34)/t23-/m0/s1. The first-order valence-corrected chi connectivity index (χ1v) is 11.5. The number of carbonyl (C=O) groups excluding carboxylic acids is 2. The molecule has 9 heteroatoms. The molecule has 0 radical (unpaired) electrons. The zero-order valence-corrected chi connectivity index (χ0v) is 19.5. The molecule has 4 rings (SSSR count). The number of hydrogen-bond donors (Lipinski definition) is 5. The lowest BCUT2D eigenvalue weighted by Gasteiger charge is -2.24. The van der Waals surface area contributed by atoms with Crippen molar-refractivity contribution in [2.45, 2.75) is 25.4 Å². The zero-order chi connectivity index (χ0) is 25.7. The van der Waals surface area contributed by atoms with Crippen molar-refractivity contribution in [3.8, 4) is 0 Å². The van der Waals surface area contributed by atoms with Crippen LogP contribution in [0.4, 0.5) is 11.4 Å². The molecule has 1 atom stereocenters. The van der Waals surface area contributed by atoms with E-state index in [1.165, 1.54) is 0 Å². The number of nitrogens with zero attached hydrogens (tertiary/aromatic N) is 1. The topological polar surface area (TPSA) is 149 Å². The van der Waals surface area contributed by atoms with Crippen LogP contribution >= 0.6 is 0 Å². The van der Waals surface area contributed by atoms with E-state index in [4.69, 9.17) is 11.1 Å². The molecule has 1 aliphatic heterocycles. The van der Waals surface area contributed by atoms with E-state index in [1.54, 1.807) is 47.4 Å². The van der Waals surface area contributed by atoms with Gasteiger partial charge in [-0.25, -0.2) is 0 Å². The number of anilines is 2. The molecule has 9 nitrogen and oxygen atoms in total. The minimum Gasteiger partial charge on any atom is -0.481 e. The van der Waals surface area contributed by atoms with Crippen LogP contribution in [0.1, 0.15) is 33.5 Å². The second-order valence-electron chi connectivity index (χ2n) is 8.61. The summed E-state index contributed by atoms with van der Waals surface area (Å²) in [7, 11) is 0. The molecule has 6 N–H and O–H groups in total. The van der Waals surface area contributed by atoms with Crippen molar-refractivity contribution >= 4 is 35.0 Å². The van der Waals surface area contributed by atoms with Gasteiger partial charge in [-0.15, -0.1) is 0 Å². The number of carboxylic acids is 1. The van der Waals surface area contributed by atoms with Crippen LogP contribution in [0.25, 0.3) is 0 Å². The number of nitrogen functional groups attached to an aromatic ring is 1. The molecule has 0 aromatic heterocycles. The predicted molar refractivity (Wildman–Crippen MR) is 137 cm³/mol. The number of carboxylic acid groups (broad SMARTS) is 1. The number of fused-ring (bicyclic) bond motifs is 1. The number of nitrogens with one attached hydrogen (secondary N) is 3. The molecule has 0 saturated heterocycles. The molecule has 184 valence electrons. The van der Waals surface area contributed by atoms with E-state index in [9.17, 15) is 19.5 Å². The molecule has 0 saturated carbocycles. The van der Waals surface area contributed by atoms with Crippen molar-refractivity contribution in [1.82, 2.24) is 4.90 Å². The number of amides is 2. The number of carbonyl (C=O) groups is 3. The van der Waals surface area contributed by atoms with Crippen LogP contribution in [0.15, 0.2) is 72.8 Å². The fraction of sp³-hybridized carbons (Fsp3) is 0.185. The van der Waals surface area contributed by atoms with Gasteiger partial charge in [-0.3, -0.25) is 19.8 Å². The molecule has 0 fully saturated rings. The average molecular weight is 486 g/mol. The van der Waals surface area contributed by atoms with Crippen LogP contribution < -0.4 is 16.4 Å². The highest BCUT2D eigenvalue weighted by Gasteiger charge is 2.31. The zero-order valence-electron chi connectivity index (χ0n) is 19.5. The first-order chi connectivity index (χ1) is 17.3. The molecule has 0 aliphatic carbocycles. The van der Waals surface area contributed by atoms with E-state index in [-0.39, 0.29) is 24.1 Å². The Morgan fingerprint density at radius 2 is 1.75 bits per heavy atom. The summed E-state index contributed by atoms with van der Waals surface area (Å²) in [6.07, 6.45) is 0.268. The number of rotatable bonds is 8. The van der Waals surface area contributed by atoms with Gasteiger partial charge in [-0.2, -0.15) is 0 Å². The Hall–Kier alpha value is -4.66. The van der Waals surface area contributed by atoms with Crippen LogP contribution in [0.3, 0.4) is 0 Å². The number of benzene rings is 3. The van der Waals surface area contributed by atoms with E-state index in [1.807, 2.05) is 30.3 Å². The number of nitrogens with two attached hydrogens (primary N) is 1. The maximum absolute atomic E-state index is 13.2. The second-order valence-corrected chi connectivity index (χ2v) is 8.61. The highest BCUT2D eigenvalue weighted by Crippen LogP contribution is 2.26. The third-order valence-corrected chi connectivity index (χ3v) is 6.02. The van der Waals surface area contributed by atoms with E-state index in [0.717, 1.165) is 11.1 Å². The lowest BCUT2D eigenvalue weighted by molar-refractivity contribution is -0.141. The summed E-state index contributed by atoms with van der Waals surface area (Å²) in [4.78, 5) is 39.2. The Morgan fingerprint density at radius 3 is 2.42 bits per heavy atom. The third-order valence-electron chi connectivity index (χ3n) is 6.02. The summed E-state index contributed by atoms with van der Waals surface area (Å²) in [5.74, 6) is -1.80. The third kappa shape index (κ3) is 5.87. The Bertz CT molecular complexity index is 1290. The fourth-order valence-corrected chi connectivity index (χ4v) is 4.09. The average Bonchev–Trinajstić information content (AvgIpc) is 2.99. The summed E-state index contributed by atoms with van der Waals surface area (Å²) in [5, 5.41) is 22.7. The van der Waals surface area contributed by atoms with E-state index >= 15 is 0 Å². The van der Waals surface area contributed by atoms with Gasteiger partial charge in [-0.1, -0.05) is 36.4 Å². The molecule has 0 bridgehead atoms. The first-order valence-electron chi connectivity index (χ1n) is 11.5. The van der Waals surface area contributed by atoms with Gasteiger partial charge in [-0.05, 0) is 53.9 Å². The van der Waals surface area contributed by atoms with Gasteiger partial charge in [0, 0.05) is 35.6 Å². The van der Waals surface area contributed by atoms with Crippen LogP contribution in [0, 0.1) is 5.41 Å². The van der Waals surface area contributed by atoms with Crippen molar-refractivity contribution < 1.29 is 19.5 Å². The van der Waals surface area contributed by atoms with Crippen molar-refractivity contribution in [2.75, 3.05) is 17.2 Å². The van der Waals surface area contributed by atoms with Crippen molar-refractivity contribution in [3.05, 3.63) is 95.1 Å². The lowest BCUT2D eigenvalue weighted by Crippen LogP contribution is -2.42. The summed E-state index contributed by atoms with van der Waals surface area (Å²) >= 11 is 0. The smallest absolute Gasteiger partial charge is 0.305 e. The molecular weight excluding hydrogens is 458 g/mol. The molecule has 2 amide bonds. The predicted octanol–water partition coefficient (Wildman–Crippen LogP) is 3.06. The molecule has 1 heterocycles. The fourth-order valence-electron chi connectivity index (χ4n) is 4.09. The van der Waals surface area contributed by atoms with E-state index in [2.05, 4.69) is 10.6 Å². The van der Waals surface area contributed by atoms with Crippen LogP contribution in [0.2, 0.25) is 0 Å². The molecule has 1 aliphatic rings. The van der Waals surface area contributed by atoms with Crippen LogP contribution in [-0.2, 0) is 22.6 Å². The minimum absolute atomic E-state index is 0.0621. The molecule has 3 aromatic rings. The molecular formula is C27H27N5O4. The lowest BCUT2D eigenvalue weighted by atomic mass is 10.1. The SMILES string of the molecule is N=C(N)c1ccc(NC(=O)c2ccc3c(c2)N[C@@H](CC(=O)O)C(=O)N(CCc2ccccc2)C3)cc1. The molecule has 0 spiro atoms. The van der Waals surface area contributed by atoms with Gasteiger partial charge < -0.3 is 26.4 Å². The summed E-state index contributed by atoms with van der Waals surface area (Å²) in [6.45, 7) is 0.747.